The summed E-state index contributed by atoms with van der Waals surface area (Å²) in [4.78, 5) is 9.32. The summed E-state index contributed by atoms with van der Waals surface area (Å²) in [5.41, 5.74) is 4.09. The van der Waals surface area contributed by atoms with Crippen LogP contribution in [-0.4, -0.2) is 9.97 Å². The van der Waals surface area contributed by atoms with Gasteiger partial charge in [-0.15, -0.1) is 0 Å². The van der Waals surface area contributed by atoms with Crippen molar-refractivity contribution >= 4 is 43.1 Å². The van der Waals surface area contributed by atoms with E-state index >= 15 is 0 Å². The number of rotatable bonds is 2. The van der Waals surface area contributed by atoms with Crippen molar-refractivity contribution in [3.05, 3.63) is 122 Å². The number of hydrogen-bond donors (Lipinski definition) is 0. The number of fused-ring (bicyclic) bond motifs is 6. The first-order chi connectivity index (χ1) is 16.8. The zero-order chi connectivity index (χ0) is 22.5. The van der Waals surface area contributed by atoms with Gasteiger partial charge in [-0.25, -0.2) is 9.97 Å². The minimum absolute atomic E-state index is 0.928. The third-order valence-corrected chi connectivity index (χ3v) is 6.75. The van der Waals surface area contributed by atoms with E-state index in [1.807, 2.05) is 0 Å². The summed E-state index contributed by atoms with van der Waals surface area (Å²) in [7, 11) is 0. The maximum atomic E-state index is 4.68. The Morgan fingerprint density at radius 2 is 0.971 bits per heavy atom. The van der Waals surface area contributed by atoms with Crippen molar-refractivity contribution in [1.82, 2.24) is 9.97 Å². The standard InChI is InChI=1S/C32H20N2/c1-3-9-25-21(7-1)13-14-23-17-24(15-16-27(23)25)31-19-32(34-20-33-31)30-18-22-8-2-4-10-26(22)28-11-5-6-12-29(28)30/h1-20H. The lowest BCUT2D eigenvalue weighted by Crippen LogP contribution is -1.91. The quantitative estimate of drug-likeness (QED) is 0.256. The smallest absolute Gasteiger partial charge is 0.116 e. The van der Waals surface area contributed by atoms with Crippen molar-refractivity contribution in [2.75, 3.05) is 0 Å². The minimum Gasteiger partial charge on any atom is -0.236 e. The molecule has 0 unspecified atom stereocenters. The fraction of sp³-hybridized carbons (Fsp3) is 0. The van der Waals surface area contributed by atoms with Crippen LogP contribution in [-0.2, 0) is 0 Å². The summed E-state index contributed by atoms with van der Waals surface area (Å²) in [6, 6.07) is 41.0. The van der Waals surface area contributed by atoms with Gasteiger partial charge in [-0.1, -0.05) is 97.1 Å². The van der Waals surface area contributed by atoms with Crippen LogP contribution in [0.1, 0.15) is 0 Å². The Balaban J connectivity index is 1.41. The second-order valence-corrected chi connectivity index (χ2v) is 8.70. The van der Waals surface area contributed by atoms with E-state index in [1.54, 1.807) is 6.33 Å². The van der Waals surface area contributed by atoms with Gasteiger partial charge in [-0.05, 0) is 61.3 Å². The molecule has 0 radical (unpaired) electrons. The maximum absolute atomic E-state index is 4.68. The minimum atomic E-state index is 0.928. The van der Waals surface area contributed by atoms with Crippen LogP contribution < -0.4 is 0 Å². The molecule has 0 fully saturated rings. The van der Waals surface area contributed by atoms with Crippen molar-refractivity contribution in [2.24, 2.45) is 0 Å². The lowest BCUT2D eigenvalue weighted by atomic mass is 9.95. The zero-order valence-electron chi connectivity index (χ0n) is 18.4. The first-order valence-corrected chi connectivity index (χ1v) is 11.5. The van der Waals surface area contributed by atoms with Crippen LogP contribution in [0.25, 0.3) is 65.6 Å². The Hall–Kier alpha value is -4.56. The van der Waals surface area contributed by atoms with Gasteiger partial charge in [0.2, 0.25) is 0 Å². The highest BCUT2D eigenvalue weighted by molar-refractivity contribution is 6.13. The van der Waals surface area contributed by atoms with Crippen molar-refractivity contribution in [2.45, 2.75) is 0 Å². The molecule has 0 bridgehead atoms. The Morgan fingerprint density at radius 1 is 0.382 bits per heavy atom. The molecule has 0 saturated carbocycles. The van der Waals surface area contributed by atoms with Gasteiger partial charge in [0.25, 0.3) is 0 Å². The highest BCUT2D eigenvalue weighted by atomic mass is 14.8. The van der Waals surface area contributed by atoms with Crippen LogP contribution in [0.2, 0.25) is 0 Å². The van der Waals surface area contributed by atoms with Crippen molar-refractivity contribution in [3.8, 4) is 22.5 Å². The fourth-order valence-corrected chi connectivity index (χ4v) is 5.10. The van der Waals surface area contributed by atoms with Gasteiger partial charge in [-0.2, -0.15) is 0 Å². The third-order valence-electron chi connectivity index (χ3n) is 6.75. The van der Waals surface area contributed by atoms with Gasteiger partial charge in [0.05, 0.1) is 11.4 Å². The molecule has 0 aliphatic carbocycles. The molecule has 6 aromatic carbocycles. The van der Waals surface area contributed by atoms with E-state index in [2.05, 4.69) is 125 Å². The summed E-state index contributed by atoms with van der Waals surface area (Å²) in [6.45, 7) is 0. The molecule has 2 nitrogen and oxygen atoms in total. The molecule has 1 heterocycles. The number of nitrogens with zero attached hydrogens (tertiary/aromatic N) is 2. The molecule has 0 aliphatic heterocycles. The molecule has 0 saturated heterocycles. The average Bonchev–Trinajstić information content (AvgIpc) is 2.92. The molecule has 1 aromatic heterocycles. The molecular formula is C32H20N2. The molecule has 7 rings (SSSR count). The second kappa shape index (κ2) is 7.50. The van der Waals surface area contributed by atoms with Crippen LogP contribution in [0.4, 0.5) is 0 Å². The topological polar surface area (TPSA) is 25.8 Å². The molecule has 0 N–H and O–H groups in total. The third kappa shape index (κ3) is 2.96. The average molecular weight is 433 g/mol. The Bertz CT molecular complexity index is 1870. The fourth-order valence-electron chi connectivity index (χ4n) is 5.10. The van der Waals surface area contributed by atoms with E-state index in [-0.39, 0.29) is 0 Å². The van der Waals surface area contributed by atoms with E-state index < -0.39 is 0 Å². The molecule has 158 valence electrons. The van der Waals surface area contributed by atoms with Crippen LogP contribution >= 0.6 is 0 Å². The van der Waals surface area contributed by atoms with Crippen LogP contribution in [0.15, 0.2) is 122 Å². The zero-order valence-corrected chi connectivity index (χ0v) is 18.4. The van der Waals surface area contributed by atoms with Crippen molar-refractivity contribution in [3.63, 3.8) is 0 Å². The van der Waals surface area contributed by atoms with E-state index in [0.29, 0.717) is 0 Å². The van der Waals surface area contributed by atoms with Gasteiger partial charge in [0.15, 0.2) is 0 Å². The summed E-state index contributed by atoms with van der Waals surface area (Å²) in [6.07, 6.45) is 1.68. The van der Waals surface area contributed by atoms with Crippen molar-refractivity contribution < 1.29 is 0 Å². The lowest BCUT2D eigenvalue weighted by molar-refractivity contribution is 1.18. The summed E-state index contributed by atoms with van der Waals surface area (Å²) in [5.74, 6) is 0. The molecule has 2 heteroatoms. The number of benzene rings is 6. The highest BCUT2D eigenvalue weighted by Gasteiger charge is 2.11. The second-order valence-electron chi connectivity index (χ2n) is 8.70. The van der Waals surface area contributed by atoms with Gasteiger partial charge in [-0.3, -0.25) is 0 Å². The van der Waals surface area contributed by atoms with Crippen molar-refractivity contribution in [1.29, 1.82) is 0 Å². The predicted molar refractivity (Wildman–Crippen MR) is 143 cm³/mol. The Labute approximate surface area is 197 Å². The monoisotopic (exact) mass is 432 g/mol. The molecule has 0 atom stereocenters. The summed E-state index contributed by atoms with van der Waals surface area (Å²) in [5, 5.41) is 9.94. The van der Waals surface area contributed by atoms with Gasteiger partial charge >= 0.3 is 0 Å². The number of aromatic nitrogens is 2. The SMILES string of the molecule is c1ccc2c(c1)ccc1cc(-c3cc(-c4cc5ccccc5c5ccccc45)ncn3)ccc12. The molecule has 0 spiro atoms. The van der Waals surface area contributed by atoms with Crippen LogP contribution in [0.3, 0.4) is 0 Å². The highest BCUT2D eigenvalue weighted by Crippen LogP contribution is 2.35. The van der Waals surface area contributed by atoms with E-state index in [1.165, 1.54) is 43.1 Å². The van der Waals surface area contributed by atoms with Gasteiger partial charge in [0.1, 0.15) is 6.33 Å². The normalized spacial score (nSPS) is 11.5. The van der Waals surface area contributed by atoms with E-state index in [9.17, 15) is 0 Å². The molecule has 34 heavy (non-hydrogen) atoms. The first kappa shape index (κ1) is 19.0. The predicted octanol–water partition coefficient (Wildman–Crippen LogP) is 8.42. The Morgan fingerprint density at radius 3 is 1.82 bits per heavy atom. The molecular weight excluding hydrogens is 412 g/mol. The van der Waals surface area contributed by atoms with Gasteiger partial charge < -0.3 is 0 Å². The largest absolute Gasteiger partial charge is 0.236 e. The van der Waals surface area contributed by atoms with E-state index in [4.69, 9.17) is 0 Å². The lowest BCUT2D eigenvalue weighted by Gasteiger charge is -2.11. The van der Waals surface area contributed by atoms with Gasteiger partial charge in [0, 0.05) is 11.1 Å². The first-order valence-electron chi connectivity index (χ1n) is 11.5. The maximum Gasteiger partial charge on any atom is 0.116 e. The number of hydrogen-bond acceptors (Lipinski definition) is 2. The summed E-state index contributed by atoms with van der Waals surface area (Å²) < 4.78 is 0. The Kier molecular flexibility index (Phi) is 4.18. The molecule has 0 aliphatic rings. The van der Waals surface area contributed by atoms with Crippen LogP contribution in [0, 0.1) is 0 Å². The molecule has 0 amide bonds. The summed E-state index contributed by atoms with van der Waals surface area (Å²) >= 11 is 0. The molecule has 7 aromatic rings. The van der Waals surface area contributed by atoms with Crippen LogP contribution in [0.5, 0.6) is 0 Å². The van der Waals surface area contributed by atoms with E-state index in [0.717, 1.165) is 22.5 Å².